The highest BCUT2D eigenvalue weighted by molar-refractivity contribution is 7.89. The van der Waals surface area contributed by atoms with E-state index in [0.717, 1.165) is 5.69 Å². The predicted octanol–water partition coefficient (Wildman–Crippen LogP) is 1.95. The van der Waals surface area contributed by atoms with Crippen LogP contribution in [0.2, 0.25) is 0 Å². The van der Waals surface area contributed by atoms with Crippen molar-refractivity contribution in [2.24, 2.45) is 0 Å². The van der Waals surface area contributed by atoms with Crippen LogP contribution >= 0.6 is 0 Å². The fourth-order valence-electron chi connectivity index (χ4n) is 4.05. The van der Waals surface area contributed by atoms with Crippen molar-refractivity contribution in [1.29, 1.82) is 0 Å². The summed E-state index contributed by atoms with van der Waals surface area (Å²) in [5, 5.41) is 11.8. The largest absolute Gasteiger partial charge is 0.481 e. The fourth-order valence-corrected chi connectivity index (χ4v) is 4.80. The second-order valence-electron chi connectivity index (χ2n) is 7.47. The first-order valence-electron chi connectivity index (χ1n) is 9.81. The van der Waals surface area contributed by atoms with E-state index in [2.05, 4.69) is 15.0 Å². The first kappa shape index (κ1) is 21.0. The Kier molecular flexibility index (Phi) is 5.28. The van der Waals surface area contributed by atoms with Crippen LogP contribution in [0.1, 0.15) is 52.1 Å². The van der Waals surface area contributed by atoms with Crippen molar-refractivity contribution in [3.8, 4) is 0 Å². The molecule has 0 radical (unpaired) electrons. The smallest absolute Gasteiger partial charge is 0.303 e. The van der Waals surface area contributed by atoms with Gasteiger partial charge in [0, 0.05) is 41.0 Å². The van der Waals surface area contributed by atoms with Gasteiger partial charge in [-0.05, 0) is 56.1 Å². The summed E-state index contributed by atoms with van der Waals surface area (Å²) in [5.74, 6) is -1.43. The number of sulfonamides is 1. The molecule has 1 aliphatic heterocycles. The molecule has 0 saturated carbocycles. The molecule has 0 bridgehead atoms. The number of carboxylic acid groups (broad SMARTS) is 1. The van der Waals surface area contributed by atoms with Gasteiger partial charge in [-0.25, -0.2) is 13.1 Å². The SMILES string of the molecule is CNS(=O)(=O)c1ccc2c(c1)/C(=C/c1[nH]c3c(c1CCC(=O)O)C(=O)CCC3)C(=O)N2. The van der Waals surface area contributed by atoms with Crippen molar-refractivity contribution in [1.82, 2.24) is 9.71 Å². The zero-order valence-electron chi connectivity index (χ0n) is 16.7. The number of aromatic nitrogens is 1. The normalized spacial score (nSPS) is 16.9. The van der Waals surface area contributed by atoms with Crippen LogP contribution < -0.4 is 10.0 Å². The Morgan fingerprint density at radius 2 is 2.03 bits per heavy atom. The number of H-pyrrole nitrogens is 1. The molecular weight excluding hydrogens is 422 g/mol. The van der Waals surface area contributed by atoms with Crippen LogP contribution in [0.15, 0.2) is 23.1 Å². The minimum atomic E-state index is -3.70. The standard InChI is InChI=1S/C21H21N3O6S/c1-22-31(29,30)11-5-7-15-13(9-11)14(21(28)24-15)10-17-12(6-8-19(26)27)20-16(23-17)3-2-4-18(20)25/h5,7,9-10,22-23H,2-4,6,8H2,1H3,(H,24,28)(H,26,27)/b14-10-. The van der Waals surface area contributed by atoms with E-state index in [0.29, 0.717) is 47.3 Å². The predicted molar refractivity (Wildman–Crippen MR) is 113 cm³/mol. The van der Waals surface area contributed by atoms with E-state index in [-0.39, 0.29) is 29.1 Å². The number of rotatable bonds is 6. The average Bonchev–Trinajstić information content (AvgIpc) is 3.24. The number of Topliss-reactive ketones (excluding diaryl/α,β-unsaturated/α-hetero) is 1. The molecule has 0 spiro atoms. The second kappa shape index (κ2) is 7.78. The molecule has 1 aromatic heterocycles. The molecule has 10 heteroatoms. The van der Waals surface area contributed by atoms with Crippen molar-refractivity contribution in [2.45, 2.75) is 37.0 Å². The molecule has 4 rings (SSSR count). The lowest BCUT2D eigenvalue weighted by atomic mass is 9.91. The number of hydrogen-bond acceptors (Lipinski definition) is 5. The lowest BCUT2D eigenvalue weighted by Crippen LogP contribution is -2.18. The summed E-state index contributed by atoms with van der Waals surface area (Å²) in [7, 11) is -2.40. The van der Waals surface area contributed by atoms with Gasteiger partial charge in [0.2, 0.25) is 10.0 Å². The molecule has 2 heterocycles. The van der Waals surface area contributed by atoms with Gasteiger partial charge in [-0.3, -0.25) is 14.4 Å². The molecule has 162 valence electrons. The third kappa shape index (κ3) is 3.79. The average molecular weight is 443 g/mol. The molecule has 9 nitrogen and oxygen atoms in total. The summed E-state index contributed by atoms with van der Waals surface area (Å²) in [5.41, 5.74) is 3.48. The third-order valence-corrected chi connectivity index (χ3v) is 6.97. The lowest BCUT2D eigenvalue weighted by Gasteiger charge is -2.11. The number of ketones is 1. The number of fused-ring (bicyclic) bond motifs is 2. The van der Waals surface area contributed by atoms with Gasteiger partial charge in [0.25, 0.3) is 5.91 Å². The maximum absolute atomic E-state index is 12.6. The zero-order chi connectivity index (χ0) is 22.3. The number of aromatic amines is 1. The van der Waals surface area contributed by atoms with Crippen LogP contribution in [0, 0.1) is 0 Å². The van der Waals surface area contributed by atoms with Crippen molar-refractivity contribution in [3.63, 3.8) is 0 Å². The van der Waals surface area contributed by atoms with Crippen molar-refractivity contribution >= 4 is 45.0 Å². The molecule has 2 aliphatic rings. The topological polar surface area (TPSA) is 145 Å². The molecule has 1 aromatic carbocycles. The minimum absolute atomic E-state index is 0.0169. The number of carbonyl (C=O) groups excluding carboxylic acids is 2. The molecule has 0 saturated heterocycles. The van der Waals surface area contributed by atoms with Crippen LogP contribution in [0.3, 0.4) is 0 Å². The van der Waals surface area contributed by atoms with Gasteiger partial charge >= 0.3 is 5.97 Å². The van der Waals surface area contributed by atoms with E-state index < -0.39 is 21.9 Å². The minimum Gasteiger partial charge on any atom is -0.481 e. The number of anilines is 1. The van der Waals surface area contributed by atoms with E-state index in [1.54, 1.807) is 6.08 Å². The highest BCUT2D eigenvalue weighted by atomic mass is 32.2. The molecule has 0 unspecified atom stereocenters. The summed E-state index contributed by atoms with van der Waals surface area (Å²) in [4.78, 5) is 39.5. The van der Waals surface area contributed by atoms with Crippen LogP contribution in [0.5, 0.6) is 0 Å². The molecule has 4 N–H and O–H groups in total. The summed E-state index contributed by atoms with van der Waals surface area (Å²) >= 11 is 0. The van der Waals surface area contributed by atoms with Crippen LogP contribution in [0.25, 0.3) is 11.6 Å². The monoisotopic (exact) mass is 443 g/mol. The van der Waals surface area contributed by atoms with Gasteiger partial charge in [0.15, 0.2) is 5.78 Å². The maximum atomic E-state index is 12.6. The molecule has 2 aromatic rings. The van der Waals surface area contributed by atoms with E-state index >= 15 is 0 Å². The highest BCUT2D eigenvalue weighted by Gasteiger charge is 2.29. The number of carboxylic acids is 1. The van der Waals surface area contributed by atoms with Crippen molar-refractivity contribution in [2.75, 3.05) is 12.4 Å². The number of hydrogen-bond donors (Lipinski definition) is 4. The van der Waals surface area contributed by atoms with E-state index in [1.165, 1.54) is 25.2 Å². The summed E-state index contributed by atoms with van der Waals surface area (Å²) in [6.07, 6.45) is 3.33. The summed E-state index contributed by atoms with van der Waals surface area (Å²) in [6, 6.07) is 4.33. The molecule has 1 aliphatic carbocycles. The van der Waals surface area contributed by atoms with Gasteiger partial charge in [-0.15, -0.1) is 0 Å². The maximum Gasteiger partial charge on any atom is 0.303 e. The van der Waals surface area contributed by atoms with E-state index in [9.17, 15) is 22.8 Å². The van der Waals surface area contributed by atoms with E-state index in [4.69, 9.17) is 5.11 Å². The molecule has 0 fully saturated rings. The van der Waals surface area contributed by atoms with Crippen LogP contribution in [-0.4, -0.2) is 43.2 Å². The number of aliphatic carboxylic acids is 1. The number of carbonyl (C=O) groups is 3. The van der Waals surface area contributed by atoms with Gasteiger partial charge in [-0.1, -0.05) is 0 Å². The number of benzene rings is 1. The Balaban J connectivity index is 1.85. The van der Waals surface area contributed by atoms with Crippen molar-refractivity contribution < 1.29 is 27.9 Å². The van der Waals surface area contributed by atoms with Gasteiger partial charge in [0.1, 0.15) is 0 Å². The van der Waals surface area contributed by atoms with Crippen molar-refractivity contribution in [3.05, 3.63) is 46.3 Å². The zero-order valence-corrected chi connectivity index (χ0v) is 17.6. The second-order valence-corrected chi connectivity index (χ2v) is 9.35. The highest BCUT2D eigenvalue weighted by Crippen LogP contribution is 2.36. The lowest BCUT2D eigenvalue weighted by molar-refractivity contribution is -0.137. The van der Waals surface area contributed by atoms with Gasteiger partial charge in [-0.2, -0.15) is 0 Å². The van der Waals surface area contributed by atoms with Gasteiger partial charge < -0.3 is 15.4 Å². The number of aryl methyl sites for hydroxylation is 1. The molecule has 1 amide bonds. The Morgan fingerprint density at radius 1 is 1.26 bits per heavy atom. The fraction of sp³-hybridized carbons (Fsp3) is 0.286. The Labute approximate surface area is 178 Å². The van der Waals surface area contributed by atoms with Crippen LogP contribution in [-0.2, 0) is 32.5 Å². The van der Waals surface area contributed by atoms with Crippen LogP contribution in [0.4, 0.5) is 5.69 Å². The quantitative estimate of drug-likeness (QED) is 0.502. The molecule has 0 atom stereocenters. The Hall–Kier alpha value is -3.24. The summed E-state index contributed by atoms with van der Waals surface area (Å²) in [6.45, 7) is 0. The number of nitrogens with one attached hydrogen (secondary N) is 3. The third-order valence-electron chi connectivity index (χ3n) is 5.55. The first-order valence-corrected chi connectivity index (χ1v) is 11.3. The van der Waals surface area contributed by atoms with E-state index in [1.807, 2.05) is 0 Å². The Morgan fingerprint density at radius 3 is 2.74 bits per heavy atom. The number of amides is 1. The molecule has 31 heavy (non-hydrogen) atoms. The first-order chi connectivity index (χ1) is 14.7. The molecular formula is C21H21N3O6S. The van der Waals surface area contributed by atoms with Gasteiger partial charge in [0.05, 0.1) is 10.5 Å². The Bertz CT molecular complexity index is 1260. The summed E-state index contributed by atoms with van der Waals surface area (Å²) < 4.78 is 26.6.